The first-order chi connectivity index (χ1) is 18.8. The second kappa shape index (κ2) is 10.6. The molecule has 3 aromatic rings. The van der Waals surface area contributed by atoms with Crippen LogP contribution in [0.15, 0.2) is 70.7 Å². The maximum atomic E-state index is 13.2. The molecule has 16 heteroatoms. The van der Waals surface area contributed by atoms with Crippen LogP contribution in [0, 0.1) is 20.2 Å². The van der Waals surface area contributed by atoms with Crippen molar-refractivity contribution in [1.82, 2.24) is 5.32 Å². The van der Waals surface area contributed by atoms with Crippen molar-refractivity contribution < 1.29 is 42.1 Å². The number of nitro benzene ring substituents is 2. The van der Waals surface area contributed by atoms with Gasteiger partial charge in [-0.25, -0.2) is 9.69 Å². The molecule has 40 heavy (non-hydrogen) atoms. The van der Waals surface area contributed by atoms with Crippen molar-refractivity contribution in [3.8, 4) is 11.5 Å². The topological polar surface area (TPSA) is 162 Å². The van der Waals surface area contributed by atoms with Gasteiger partial charge in [0, 0.05) is 28.2 Å². The van der Waals surface area contributed by atoms with Crippen molar-refractivity contribution in [3.05, 3.63) is 102 Å². The van der Waals surface area contributed by atoms with Gasteiger partial charge in [-0.05, 0) is 42.5 Å². The van der Waals surface area contributed by atoms with Crippen LogP contribution < -0.4 is 15.0 Å². The number of carbonyl (C=O) groups is 3. The number of nitro groups is 2. The quantitative estimate of drug-likeness (QED) is 0.158. The lowest BCUT2D eigenvalue weighted by molar-refractivity contribution is -0.385. The van der Waals surface area contributed by atoms with Crippen LogP contribution in [0.1, 0.15) is 11.1 Å². The van der Waals surface area contributed by atoms with Crippen molar-refractivity contribution in [2.24, 2.45) is 0 Å². The maximum absolute atomic E-state index is 13.2. The Hall–Kier alpha value is -5.12. The lowest BCUT2D eigenvalue weighted by Gasteiger charge is -2.26. The first-order valence-corrected chi connectivity index (χ1v) is 11.5. The predicted molar refractivity (Wildman–Crippen MR) is 134 cm³/mol. The molecule has 1 aliphatic rings. The summed E-state index contributed by atoms with van der Waals surface area (Å²) in [5.41, 5.74) is -3.56. The van der Waals surface area contributed by atoms with Crippen LogP contribution in [-0.2, 0) is 15.8 Å². The molecule has 204 valence electrons. The Bertz CT molecular complexity index is 1640. The molecular weight excluding hydrogens is 609 g/mol. The maximum Gasteiger partial charge on any atom is 0.416 e. The predicted octanol–water partition coefficient (Wildman–Crippen LogP) is 5.74. The highest BCUT2D eigenvalue weighted by Crippen LogP contribution is 2.39. The van der Waals surface area contributed by atoms with Gasteiger partial charge in [0.1, 0.15) is 11.3 Å². The number of imide groups is 2. The number of nitrogens with zero attached hydrogens (tertiary/aromatic N) is 3. The van der Waals surface area contributed by atoms with Crippen LogP contribution in [0.25, 0.3) is 6.08 Å². The summed E-state index contributed by atoms with van der Waals surface area (Å²) >= 11 is 3.19. The SMILES string of the molecule is O=C1NC(=O)N(c2cccc([N+](=O)[O-])c2)C(=O)/C1=C/c1cc(Br)ccc1Oc1ccc(C(F)(F)F)cc1[N+](=O)[O-]. The van der Waals surface area contributed by atoms with Gasteiger partial charge >= 0.3 is 17.9 Å². The Morgan fingerprint density at radius 1 is 0.925 bits per heavy atom. The Morgan fingerprint density at radius 2 is 1.62 bits per heavy atom. The molecule has 0 spiro atoms. The summed E-state index contributed by atoms with van der Waals surface area (Å²) in [6.45, 7) is 0. The molecule has 0 atom stereocenters. The minimum absolute atomic E-state index is 0.0320. The summed E-state index contributed by atoms with van der Waals surface area (Å²) in [5.74, 6) is -3.03. The van der Waals surface area contributed by atoms with E-state index in [1.165, 1.54) is 30.3 Å². The molecule has 4 rings (SSSR count). The molecule has 1 N–H and O–H groups in total. The fourth-order valence-corrected chi connectivity index (χ4v) is 3.94. The van der Waals surface area contributed by atoms with E-state index in [0.717, 1.165) is 24.3 Å². The second-order valence-corrected chi connectivity index (χ2v) is 8.87. The molecule has 0 aliphatic carbocycles. The van der Waals surface area contributed by atoms with Crippen LogP contribution in [0.2, 0.25) is 0 Å². The molecule has 3 aromatic carbocycles. The molecule has 1 saturated heterocycles. The lowest BCUT2D eigenvalue weighted by Crippen LogP contribution is -2.54. The van der Waals surface area contributed by atoms with Crippen molar-refractivity contribution in [1.29, 1.82) is 0 Å². The lowest BCUT2D eigenvalue weighted by atomic mass is 10.1. The van der Waals surface area contributed by atoms with Crippen LogP contribution in [0.4, 0.5) is 35.0 Å². The number of carbonyl (C=O) groups excluding carboxylic acids is 3. The standard InChI is InChI=1S/C24H12BrF3N4O8/c25-14-5-7-19(40-20-6-4-13(24(26,27)28)10-18(20)32(38)39)12(8-14)9-17-21(33)29-23(35)30(22(17)34)15-2-1-3-16(11-15)31(36)37/h1-11H,(H,29,33,35)/b17-9+. The van der Waals surface area contributed by atoms with Gasteiger partial charge < -0.3 is 4.74 Å². The van der Waals surface area contributed by atoms with E-state index in [1.54, 1.807) is 0 Å². The van der Waals surface area contributed by atoms with E-state index in [9.17, 15) is 47.8 Å². The third-order valence-electron chi connectivity index (χ3n) is 5.37. The summed E-state index contributed by atoms with van der Waals surface area (Å²) in [6.07, 6.45) is -3.86. The molecule has 12 nitrogen and oxygen atoms in total. The van der Waals surface area contributed by atoms with E-state index < -0.39 is 62.1 Å². The number of hydrogen-bond acceptors (Lipinski definition) is 8. The summed E-state index contributed by atoms with van der Waals surface area (Å²) in [5, 5.41) is 24.5. The molecule has 4 amide bonds. The first kappa shape index (κ1) is 27.9. The van der Waals surface area contributed by atoms with E-state index >= 15 is 0 Å². The van der Waals surface area contributed by atoms with Gasteiger partial charge in [0.15, 0.2) is 0 Å². The van der Waals surface area contributed by atoms with E-state index in [4.69, 9.17) is 4.74 Å². The third kappa shape index (κ3) is 5.65. The van der Waals surface area contributed by atoms with Gasteiger partial charge in [0.25, 0.3) is 17.5 Å². The highest BCUT2D eigenvalue weighted by molar-refractivity contribution is 9.10. The summed E-state index contributed by atoms with van der Waals surface area (Å²) < 4.78 is 45.1. The zero-order valence-corrected chi connectivity index (χ0v) is 21.1. The number of non-ortho nitro benzene ring substituents is 1. The molecule has 0 unspecified atom stereocenters. The summed E-state index contributed by atoms with van der Waals surface area (Å²) in [4.78, 5) is 59.5. The number of anilines is 1. The van der Waals surface area contributed by atoms with Gasteiger partial charge in [-0.15, -0.1) is 0 Å². The number of ether oxygens (including phenoxy) is 1. The second-order valence-electron chi connectivity index (χ2n) is 7.96. The Balaban J connectivity index is 1.77. The van der Waals surface area contributed by atoms with E-state index in [2.05, 4.69) is 15.9 Å². The smallest absolute Gasteiger partial charge is 0.416 e. The number of barbiturate groups is 1. The molecule has 1 fully saturated rings. The molecular formula is C24H12BrF3N4O8. The van der Waals surface area contributed by atoms with Crippen LogP contribution in [-0.4, -0.2) is 27.7 Å². The number of urea groups is 1. The zero-order chi connectivity index (χ0) is 29.4. The largest absolute Gasteiger partial charge is 0.449 e. The van der Waals surface area contributed by atoms with Gasteiger partial charge in [0.05, 0.1) is 21.1 Å². The molecule has 1 heterocycles. The van der Waals surface area contributed by atoms with Crippen LogP contribution >= 0.6 is 15.9 Å². The summed E-state index contributed by atoms with van der Waals surface area (Å²) in [6, 6.07) is 9.03. The normalized spacial score (nSPS) is 14.8. The van der Waals surface area contributed by atoms with E-state index in [-0.39, 0.29) is 17.0 Å². The van der Waals surface area contributed by atoms with Gasteiger partial charge in [-0.1, -0.05) is 22.0 Å². The molecule has 0 saturated carbocycles. The number of amides is 4. The molecule has 1 aliphatic heterocycles. The highest BCUT2D eigenvalue weighted by atomic mass is 79.9. The summed E-state index contributed by atoms with van der Waals surface area (Å²) in [7, 11) is 0. The number of alkyl halides is 3. The number of halogens is 4. The Morgan fingerprint density at radius 3 is 2.27 bits per heavy atom. The minimum atomic E-state index is -4.85. The van der Waals surface area contributed by atoms with Crippen LogP contribution in [0.5, 0.6) is 11.5 Å². The molecule has 0 bridgehead atoms. The van der Waals surface area contributed by atoms with Gasteiger partial charge in [0.2, 0.25) is 5.75 Å². The fraction of sp³-hybridized carbons (Fsp3) is 0.0417. The highest BCUT2D eigenvalue weighted by Gasteiger charge is 2.38. The third-order valence-corrected chi connectivity index (χ3v) is 5.87. The monoisotopic (exact) mass is 620 g/mol. The van der Waals surface area contributed by atoms with E-state index in [1.807, 2.05) is 5.32 Å². The average Bonchev–Trinajstić information content (AvgIpc) is 2.87. The van der Waals surface area contributed by atoms with Crippen molar-refractivity contribution in [3.63, 3.8) is 0 Å². The van der Waals surface area contributed by atoms with Crippen molar-refractivity contribution in [2.75, 3.05) is 4.90 Å². The van der Waals surface area contributed by atoms with Gasteiger partial charge in [-0.2, -0.15) is 13.2 Å². The zero-order valence-electron chi connectivity index (χ0n) is 19.5. The molecule has 0 aromatic heterocycles. The molecule has 0 radical (unpaired) electrons. The Labute approximate surface area is 229 Å². The average molecular weight is 621 g/mol. The first-order valence-electron chi connectivity index (χ1n) is 10.7. The van der Waals surface area contributed by atoms with Crippen molar-refractivity contribution in [2.45, 2.75) is 6.18 Å². The number of hydrogen-bond donors (Lipinski definition) is 1. The number of benzene rings is 3. The fourth-order valence-electron chi connectivity index (χ4n) is 3.56. The van der Waals surface area contributed by atoms with Gasteiger partial charge in [-0.3, -0.25) is 35.1 Å². The van der Waals surface area contributed by atoms with Crippen molar-refractivity contribution >= 4 is 56.9 Å². The van der Waals surface area contributed by atoms with E-state index in [0.29, 0.717) is 21.5 Å². The Kier molecular flexibility index (Phi) is 7.37. The number of nitrogens with one attached hydrogen (secondary N) is 1. The van der Waals surface area contributed by atoms with Crippen LogP contribution in [0.3, 0.4) is 0 Å². The number of rotatable bonds is 6. The minimum Gasteiger partial charge on any atom is -0.449 e.